The molecule has 0 amide bonds. The van der Waals surface area contributed by atoms with Gasteiger partial charge in [-0.15, -0.1) is 0 Å². The van der Waals surface area contributed by atoms with Crippen LogP contribution in [0.4, 0.5) is 4.39 Å². The maximum atomic E-state index is 12.8. The van der Waals surface area contributed by atoms with Crippen molar-refractivity contribution in [3.8, 4) is 0 Å². The first kappa shape index (κ1) is 14.1. The second-order valence-electron chi connectivity index (χ2n) is 3.96. The summed E-state index contributed by atoms with van der Waals surface area (Å²) in [4.78, 5) is 21.6. The van der Waals surface area contributed by atoms with Crippen molar-refractivity contribution in [3.05, 3.63) is 45.8 Å². The van der Waals surface area contributed by atoms with Crippen LogP contribution in [-0.4, -0.2) is 24.0 Å². The third kappa shape index (κ3) is 3.51. The molecule has 0 saturated carbocycles. The monoisotopic (exact) mass is 255 g/mol. The highest BCUT2D eigenvalue weighted by atomic mass is 19.1. The molecule has 0 aliphatic rings. The summed E-state index contributed by atoms with van der Waals surface area (Å²) < 4.78 is 17.3. The highest BCUT2D eigenvalue weighted by Gasteiger charge is 2.30. The molecule has 0 aliphatic heterocycles. The Labute approximate surface area is 104 Å². The normalized spacial score (nSPS) is 13.7. The Hall–Kier alpha value is -1.98. The molecule has 0 unspecified atom stereocenters. The molecule has 0 fully saturated rings. The first-order valence-electron chi connectivity index (χ1n) is 5.41. The lowest BCUT2D eigenvalue weighted by Gasteiger charge is -2.17. The molecule has 2 atom stereocenters. The van der Waals surface area contributed by atoms with Gasteiger partial charge in [0, 0.05) is 11.8 Å². The summed E-state index contributed by atoms with van der Waals surface area (Å²) in [6, 6.07) is 4.37. The van der Waals surface area contributed by atoms with E-state index in [0.29, 0.717) is 5.56 Å². The van der Waals surface area contributed by atoms with E-state index in [1.54, 1.807) is 0 Å². The summed E-state index contributed by atoms with van der Waals surface area (Å²) in [5.41, 5.74) is 0.547. The smallest absolute Gasteiger partial charge is 0.306 e. The number of rotatable bonds is 5. The lowest BCUT2D eigenvalue weighted by Crippen LogP contribution is -2.26. The van der Waals surface area contributed by atoms with Crippen molar-refractivity contribution in [1.82, 2.24) is 0 Å². The van der Waals surface area contributed by atoms with E-state index in [4.69, 9.17) is 0 Å². The summed E-state index contributed by atoms with van der Waals surface area (Å²) in [7, 11) is 1.22. The molecule has 0 spiro atoms. The number of esters is 1. The average molecular weight is 255 g/mol. The van der Waals surface area contributed by atoms with Gasteiger partial charge >= 0.3 is 5.97 Å². The summed E-state index contributed by atoms with van der Waals surface area (Å²) in [6.07, 6.45) is -0.107. The molecule has 1 aromatic rings. The Kier molecular flexibility index (Phi) is 4.76. The van der Waals surface area contributed by atoms with Crippen LogP contribution in [0.15, 0.2) is 24.3 Å². The number of ether oxygens (including phenoxy) is 1. The van der Waals surface area contributed by atoms with Gasteiger partial charge in [0.2, 0.25) is 6.04 Å². The molecule has 5 nitrogen and oxygen atoms in total. The quantitative estimate of drug-likeness (QED) is 0.459. The zero-order chi connectivity index (χ0) is 13.7. The molecule has 0 heterocycles. The van der Waals surface area contributed by atoms with Gasteiger partial charge in [-0.25, -0.2) is 4.39 Å². The number of benzene rings is 1. The Morgan fingerprint density at radius 3 is 2.44 bits per heavy atom. The van der Waals surface area contributed by atoms with Gasteiger partial charge in [0.25, 0.3) is 0 Å². The summed E-state index contributed by atoms with van der Waals surface area (Å²) >= 11 is 0. The SMILES string of the molecule is COC(=O)C[C@@H](c1ccc(F)cc1)[C@@H](C)[N+](=O)[O-]. The molecule has 0 saturated heterocycles. The average Bonchev–Trinajstić information content (AvgIpc) is 2.36. The molecule has 1 aromatic carbocycles. The zero-order valence-corrected chi connectivity index (χ0v) is 10.1. The lowest BCUT2D eigenvalue weighted by molar-refractivity contribution is -0.522. The Balaban J connectivity index is 2.99. The summed E-state index contributed by atoms with van der Waals surface area (Å²) in [5, 5.41) is 10.8. The fourth-order valence-corrected chi connectivity index (χ4v) is 1.69. The predicted molar refractivity (Wildman–Crippen MR) is 62.2 cm³/mol. The summed E-state index contributed by atoms with van der Waals surface area (Å²) in [5.74, 6) is -1.59. The van der Waals surface area contributed by atoms with E-state index in [1.807, 2.05) is 0 Å². The van der Waals surface area contributed by atoms with Gasteiger partial charge < -0.3 is 4.74 Å². The molecular formula is C12H14FNO4. The van der Waals surface area contributed by atoms with E-state index in [1.165, 1.54) is 38.3 Å². The first-order valence-corrected chi connectivity index (χ1v) is 5.41. The Morgan fingerprint density at radius 1 is 1.44 bits per heavy atom. The number of nitro groups is 1. The van der Waals surface area contributed by atoms with E-state index >= 15 is 0 Å². The number of carbonyl (C=O) groups is 1. The maximum Gasteiger partial charge on any atom is 0.306 e. The largest absolute Gasteiger partial charge is 0.469 e. The van der Waals surface area contributed by atoms with Crippen LogP contribution in [0.2, 0.25) is 0 Å². The third-order valence-electron chi connectivity index (χ3n) is 2.83. The van der Waals surface area contributed by atoms with Crippen LogP contribution in [-0.2, 0) is 9.53 Å². The molecule has 0 N–H and O–H groups in total. The standard InChI is InChI=1S/C12H14FNO4/c1-8(14(16)17)11(7-12(15)18-2)9-3-5-10(13)6-4-9/h3-6,8,11H,7H2,1-2H3/t8-,11-/m1/s1. The molecule has 0 aromatic heterocycles. The van der Waals surface area contributed by atoms with E-state index in [2.05, 4.69) is 4.74 Å². The van der Waals surface area contributed by atoms with Crippen molar-refractivity contribution in [3.63, 3.8) is 0 Å². The van der Waals surface area contributed by atoms with Gasteiger partial charge in [0.1, 0.15) is 5.82 Å². The molecule has 0 aliphatic carbocycles. The highest BCUT2D eigenvalue weighted by molar-refractivity contribution is 5.70. The second kappa shape index (κ2) is 6.09. The molecule has 18 heavy (non-hydrogen) atoms. The number of carbonyl (C=O) groups excluding carboxylic acids is 1. The van der Waals surface area contributed by atoms with Crippen molar-refractivity contribution in [2.75, 3.05) is 7.11 Å². The molecule has 0 radical (unpaired) electrons. The van der Waals surface area contributed by atoms with Gasteiger partial charge in [-0.1, -0.05) is 12.1 Å². The van der Waals surface area contributed by atoms with Gasteiger partial charge in [0.15, 0.2) is 0 Å². The number of methoxy groups -OCH3 is 1. The highest BCUT2D eigenvalue weighted by Crippen LogP contribution is 2.26. The van der Waals surface area contributed by atoms with E-state index in [-0.39, 0.29) is 6.42 Å². The number of nitrogens with zero attached hydrogens (tertiary/aromatic N) is 1. The van der Waals surface area contributed by atoms with Crippen molar-refractivity contribution in [1.29, 1.82) is 0 Å². The fourth-order valence-electron chi connectivity index (χ4n) is 1.69. The number of hydrogen-bond donors (Lipinski definition) is 0. The van der Waals surface area contributed by atoms with E-state index in [9.17, 15) is 19.3 Å². The van der Waals surface area contributed by atoms with Crippen molar-refractivity contribution in [2.24, 2.45) is 0 Å². The minimum absolute atomic E-state index is 0.107. The molecule has 6 heteroatoms. The van der Waals surface area contributed by atoms with Crippen molar-refractivity contribution < 1.29 is 18.8 Å². The minimum atomic E-state index is -0.949. The summed E-state index contributed by atoms with van der Waals surface area (Å²) in [6.45, 7) is 1.41. The first-order chi connectivity index (χ1) is 8.45. The third-order valence-corrected chi connectivity index (χ3v) is 2.83. The van der Waals surface area contributed by atoms with Crippen LogP contribution in [0.25, 0.3) is 0 Å². The minimum Gasteiger partial charge on any atom is -0.469 e. The van der Waals surface area contributed by atoms with Crippen LogP contribution in [0.3, 0.4) is 0 Å². The van der Waals surface area contributed by atoms with Gasteiger partial charge in [-0.05, 0) is 17.7 Å². The van der Waals surface area contributed by atoms with Crippen LogP contribution in [0, 0.1) is 15.9 Å². The van der Waals surface area contributed by atoms with Crippen LogP contribution in [0.1, 0.15) is 24.8 Å². The van der Waals surface area contributed by atoms with E-state index in [0.717, 1.165) is 0 Å². The molecule has 0 bridgehead atoms. The molecule has 1 rings (SSSR count). The Morgan fingerprint density at radius 2 is 2.00 bits per heavy atom. The van der Waals surface area contributed by atoms with Gasteiger partial charge in [-0.2, -0.15) is 0 Å². The van der Waals surface area contributed by atoms with Gasteiger partial charge in [-0.3, -0.25) is 14.9 Å². The number of hydrogen-bond acceptors (Lipinski definition) is 4. The van der Waals surface area contributed by atoms with Crippen molar-refractivity contribution >= 4 is 5.97 Å². The van der Waals surface area contributed by atoms with Crippen LogP contribution >= 0.6 is 0 Å². The number of halogens is 1. The Bertz CT molecular complexity index is 432. The fraction of sp³-hybridized carbons (Fsp3) is 0.417. The predicted octanol–water partition coefficient (Wildman–Crippen LogP) is 2.14. The van der Waals surface area contributed by atoms with Crippen molar-refractivity contribution in [2.45, 2.75) is 25.3 Å². The topological polar surface area (TPSA) is 69.4 Å². The molecule has 98 valence electrons. The lowest BCUT2D eigenvalue weighted by atomic mass is 9.90. The second-order valence-corrected chi connectivity index (χ2v) is 3.96. The maximum absolute atomic E-state index is 12.8. The zero-order valence-electron chi connectivity index (χ0n) is 10.1. The van der Waals surface area contributed by atoms with Crippen LogP contribution in [0.5, 0.6) is 0 Å². The van der Waals surface area contributed by atoms with Gasteiger partial charge in [0.05, 0.1) is 19.4 Å². The van der Waals surface area contributed by atoms with Crippen LogP contribution < -0.4 is 0 Å². The van der Waals surface area contributed by atoms with E-state index < -0.39 is 28.7 Å². The molecular weight excluding hydrogens is 241 g/mol.